The molecule has 1 aliphatic heterocycles. The van der Waals surface area contributed by atoms with Crippen LogP contribution in [0.3, 0.4) is 0 Å². The highest BCUT2D eigenvalue weighted by molar-refractivity contribution is 5.80. The molecule has 8 atom stereocenters. The van der Waals surface area contributed by atoms with Crippen LogP contribution in [0.1, 0.15) is 226 Å². The molecule has 0 bridgehead atoms. The van der Waals surface area contributed by atoms with Crippen molar-refractivity contribution in [3.05, 3.63) is 36.5 Å². The first-order valence-corrected chi connectivity index (χ1v) is 25.8. The SMILES string of the molecule is CCC/C=C/CC/C=C/CC/C=C/C(O)C(COC1OC(CO)C(O)C(O)C1O)NC(=O)C(O)CCCCCCCCCCCCCCCCCCCCCCCCCCCC. The zero-order valence-corrected chi connectivity index (χ0v) is 39.7. The number of aliphatic hydroxyl groups is 6. The van der Waals surface area contributed by atoms with Gasteiger partial charge < -0.3 is 45.4 Å². The van der Waals surface area contributed by atoms with Gasteiger partial charge in [-0.2, -0.15) is 0 Å². The Morgan fingerprint density at radius 2 is 0.952 bits per heavy atom. The Hall–Kier alpha value is -1.63. The van der Waals surface area contributed by atoms with Gasteiger partial charge in [0.2, 0.25) is 5.91 Å². The molecule has 10 heteroatoms. The number of nitrogens with one attached hydrogen (secondary N) is 1. The minimum Gasteiger partial charge on any atom is -0.394 e. The summed E-state index contributed by atoms with van der Waals surface area (Å²) in [5.41, 5.74) is 0. The maximum Gasteiger partial charge on any atom is 0.249 e. The Morgan fingerprint density at radius 1 is 0.548 bits per heavy atom. The van der Waals surface area contributed by atoms with Gasteiger partial charge in [0.1, 0.15) is 30.5 Å². The van der Waals surface area contributed by atoms with Gasteiger partial charge in [-0.1, -0.05) is 224 Å². The summed E-state index contributed by atoms with van der Waals surface area (Å²) in [5.74, 6) is -0.629. The number of amides is 1. The molecule has 1 fully saturated rings. The fourth-order valence-electron chi connectivity index (χ4n) is 8.09. The third-order valence-electron chi connectivity index (χ3n) is 12.3. The van der Waals surface area contributed by atoms with E-state index in [1.54, 1.807) is 6.08 Å². The quantitative estimate of drug-likeness (QED) is 0.0233. The van der Waals surface area contributed by atoms with Gasteiger partial charge >= 0.3 is 0 Å². The summed E-state index contributed by atoms with van der Waals surface area (Å²) in [7, 11) is 0. The summed E-state index contributed by atoms with van der Waals surface area (Å²) in [6, 6.07) is -1.000. The topological polar surface area (TPSA) is 169 Å². The molecule has 10 nitrogen and oxygen atoms in total. The Kier molecular flexibility index (Phi) is 39.6. The minimum absolute atomic E-state index is 0.304. The van der Waals surface area contributed by atoms with Crippen molar-refractivity contribution in [2.45, 2.75) is 275 Å². The lowest BCUT2D eigenvalue weighted by atomic mass is 9.99. The van der Waals surface area contributed by atoms with Crippen molar-refractivity contribution in [2.75, 3.05) is 13.2 Å². The second kappa shape index (κ2) is 42.0. The van der Waals surface area contributed by atoms with Gasteiger partial charge in [0.15, 0.2) is 6.29 Å². The van der Waals surface area contributed by atoms with Crippen molar-refractivity contribution in [1.29, 1.82) is 0 Å². The molecule has 1 heterocycles. The maximum absolute atomic E-state index is 13.0. The van der Waals surface area contributed by atoms with Crippen molar-refractivity contribution >= 4 is 5.91 Å². The monoisotopic (exact) mass is 880 g/mol. The molecule has 1 rings (SSSR count). The minimum atomic E-state index is -1.62. The van der Waals surface area contributed by atoms with Crippen LogP contribution in [0, 0.1) is 0 Å². The van der Waals surface area contributed by atoms with Gasteiger partial charge in [-0.15, -0.1) is 0 Å². The summed E-state index contributed by atoms with van der Waals surface area (Å²) >= 11 is 0. The van der Waals surface area contributed by atoms with Gasteiger partial charge in [0.05, 0.1) is 25.4 Å². The van der Waals surface area contributed by atoms with E-state index in [4.69, 9.17) is 9.47 Å². The number of hydrogen-bond acceptors (Lipinski definition) is 9. The number of ether oxygens (including phenoxy) is 2. The molecule has 1 aliphatic rings. The van der Waals surface area contributed by atoms with Crippen LogP contribution in [0.15, 0.2) is 36.5 Å². The molecule has 0 aromatic rings. The fourth-order valence-corrected chi connectivity index (χ4v) is 8.09. The number of allylic oxidation sites excluding steroid dienone is 5. The molecule has 62 heavy (non-hydrogen) atoms. The van der Waals surface area contributed by atoms with Gasteiger partial charge in [0, 0.05) is 0 Å². The average molecular weight is 880 g/mol. The Morgan fingerprint density at radius 3 is 1.37 bits per heavy atom. The second-order valence-corrected chi connectivity index (χ2v) is 18.1. The first kappa shape index (κ1) is 58.4. The number of unbranched alkanes of at least 4 members (excludes halogenated alkanes) is 28. The van der Waals surface area contributed by atoms with E-state index in [9.17, 15) is 35.4 Å². The van der Waals surface area contributed by atoms with Crippen LogP contribution in [0.5, 0.6) is 0 Å². The van der Waals surface area contributed by atoms with E-state index in [0.717, 1.165) is 51.4 Å². The maximum atomic E-state index is 13.0. The normalized spacial score (nSPS) is 21.1. The number of carbonyl (C=O) groups excluding carboxylic acids is 1. The summed E-state index contributed by atoms with van der Waals surface area (Å²) in [4.78, 5) is 13.0. The van der Waals surface area contributed by atoms with Crippen LogP contribution in [0.2, 0.25) is 0 Å². The van der Waals surface area contributed by atoms with E-state index < -0.39 is 61.5 Å². The van der Waals surface area contributed by atoms with Crippen molar-refractivity contribution in [3.63, 3.8) is 0 Å². The first-order valence-electron chi connectivity index (χ1n) is 25.8. The first-order chi connectivity index (χ1) is 30.3. The Labute approximate surface area is 379 Å². The van der Waals surface area contributed by atoms with Crippen LogP contribution in [-0.4, -0.2) is 98.7 Å². The Balaban J connectivity index is 2.23. The lowest BCUT2D eigenvalue weighted by Crippen LogP contribution is -2.60. The highest BCUT2D eigenvalue weighted by Crippen LogP contribution is 2.23. The summed E-state index contributed by atoms with van der Waals surface area (Å²) in [6.07, 6.45) is 42.7. The number of aliphatic hydroxyl groups excluding tert-OH is 6. The van der Waals surface area contributed by atoms with Crippen molar-refractivity contribution in [2.24, 2.45) is 0 Å². The van der Waals surface area contributed by atoms with Crippen molar-refractivity contribution in [1.82, 2.24) is 5.32 Å². The molecule has 0 aliphatic carbocycles. The predicted molar refractivity (Wildman–Crippen MR) is 255 cm³/mol. The van der Waals surface area contributed by atoms with E-state index in [-0.39, 0.29) is 6.61 Å². The lowest BCUT2D eigenvalue weighted by molar-refractivity contribution is -0.302. The second-order valence-electron chi connectivity index (χ2n) is 18.1. The van der Waals surface area contributed by atoms with Crippen LogP contribution in [0.25, 0.3) is 0 Å². The summed E-state index contributed by atoms with van der Waals surface area (Å²) < 4.78 is 11.1. The standard InChI is InChI=1S/C52H97NO9/c1-3-5-7-9-11-13-15-16-17-18-19-20-21-22-23-24-25-26-27-28-29-31-33-35-37-39-41-46(56)51(60)53-44(43-61-52-50(59)49(58)48(57)47(42-54)62-52)45(55)40-38-36-34-32-30-14-12-10-8-6-4-2/h8,10,30,32,38,40,44-50,52,54-59H,3-7,9,11-29,31,33-37,39,41-43H2,1-2H3,(H,53,60)/b10-8+,32-30+,40-38+. The number of rotatable bonds is 43. The van der Waals surface area contributed by atoms with E-state index in [1.807, 2.05) is 6.08 Å². The van der Waals surface area contributed by atoms with E-state index in [0.29, 0.717) is 19.3 Å². The lowest BCUT2D eigenvalue weighted by Gasteiger charge is -2.40. The smallest absolute Gasteiger partial charge is 0.249 e. The molecule has 8 unspecified atom stereocenters. The van der Waals surface area contributed by atoms with E-state index in [2.05, 4.69) is 43.5 Å². The van der Waals surface area contributed by atoms with E-state index >= 15 is 0 Å². The zero-order chi connectivity index (χ0) is 45.3. The Bertz CT molecular complexity index is 1080. The molecule has 0 spiro atoms. The van der Waals surface area contributed by atoms with E-state index in [1.165, 1.54) is 141 Å². The molecular formula is C52H97NO9. The van der Waals surface area contributed by atoms with Gasteiger partial charge in [-0.05, 0) is 38.5 Å². The van der Waals surface area contributed by atoms with Crippen molar-refractivity contribution in [3.8, 4) is 0 Å². The predicted octanol–water partition coefficient (Wildman–Crippen LogP) is 10.6. The summed E-state index contributed by atoms with van der Waals surface area (Å²) in [5, 5.41) is 64.6. The molecule has 1 saturated heterocycles. The fraction of sp³-hybridized carbons (Fsp3) is 0.865. The molecule has 364 valence electrons. The average Bonchev–Trinajstić information content (AvgIpc) is 3.27. The third-order valence-corrected chi connectivity index (χ3v) is 12.3. The van der Waals surface area contributed by atoms with Crippen LogP contribution < -0.4 is 5.32 Å². The van der Waals surface area contributed by atoms with Gasteiger partial charge in [-0.25, -0.2) is 0 Å². The molecule has 0 saturated carbocycles. The molecule has 7 N–H and O–H groups in total. The molecule has 1 amide bonds. The third kappa shape index (κ3) is 31.3. The molecular weight excluding hydrogens is 783 g/mol. The molecule has 0 aromatic heterocycles. The largest absolute Gasteiger partial charge is 0.394 e. The van der Waals surface area contributed by atoms with Gasteiger partial charge in [-0.3, -0.25) is 4.79 Å². The molecule has 0 radical (unpaired) electrons. The van der Waals surface area contributed by atoms with Crippen molar-refractivity contribution < 1.29 is 44.9 Å². The van der Waals surface area contributed by atoms with Crippen LogP contribution in [0.4, 0.5) is 0 Å². The summed E-state index contributed by atoms with van der Waals surface area (Å²) in [6.45, 7) is 3.52. The highest BCUT2D eigenvalue weighted by Gasteiger charge is 2.44. The highest BCUT2D eigenvalue weighted by atomic mass is 16.7. The van der Waals surface area contributed by atoms with Crippen LogP contribution >= 0.6 is 0 Å². The zero-order valence-electron chi connectivity index (χ0n) is 39.7. The van der Waals surface area contributed by atoms with Crippen LogP contribution in [-0.2, 0) is 14.3 Å². The van der Waals surface area contributed by atoms with Gasteiger partial charge in [0.25, 0.3) is 0 Å². The number of carbonyl (C=O) groups is 1. The number of hydrogen-bond donors (Lipinski definition) is 7. The molecule has 0 aromatic carbocycles.